The molecule has 0 bridgehead atoms. The van der Waals surface area contributed by atoms with Crippen LogP contribution in [-0.2, 0) is 4.79 Å². The van der Waals surface area contributed by atoms with Gasteiger partial charge in [0.15, 0.2) is 11.5 Å². The van der Waals surface area contributed by atoms with Crippen molar-refractivity contribution in [3.8, 4) is 11.5 Å². The van der Waals surface area contributed by atoms with E-state index in [0.29, 0.717) is 18.8 Å². The van der Waals surface area contributed by atoms with Gasteiger partial charge >= 0.3 is 6.61 Å². The van der Waals surface area contributed by atoms with Crippen molar-refractivity contribution in [2.45, 2.75) is 19.6 Å². The molecular formula is C21H25F2N3O3. The van der Waals surface area contributed by atoms with Crippen molar-refractivity contribution in [3.05, 3.63) is 48.5 Å². The van der Waals surface area contributed by atoms with E-state index in [1.165, 1.54) is 19.2 Å². The highest BCUT2D eigenvalue weighted by Gasteiger charge is 2.25. The Labute approximate surface area is 169 Å². The normalized spacial score (nSPS) is 15.2. The van der Waals surface area contributed by atoms with Crippen LogP contribution < -0.4 is 19.7 Å². The maximum absolute atomic E-state index is 12.8. The molecule has 1 aliphatic heterocycles. The van der Waals surface area contributed by atoms with Crippen LogP contribution in [0.1, 0.15) is 6.92 Å². The van der Waals surface area contributed by atoms with Crippen molar-refractivity contribution in [2.75, 3.05) is 43.5 Å². The van der Waals surface area contributed by atoms with Crippen molar-refractivity contribution in [1.29, 1.82) is 0 Å². The van der Waals surface area contributed by atoms with E-state index in [4.69, 9.17) is 4.74 Å². The first-order valence-corrected chi connectivity index (χ1v) is 9.46. The molecule has 1 N–H and O–H groups in total. The number of para-hydroxylation sites is 1. The second-order valence-electron chi connectivity index (χ2n) is 6.76. The molecule has 1 atom stereocenters. The Hall–Kier alpha value is -3.03. The number of hydrogen-bond acceptors (Lipinski definition) is 5. The minimum Gasteiger partial charge on any atom is -0.493 e. The van der Waals surface area contributed by atoms with Gasteiger partial charge in [-0.1, -0.05) is 18.2 Å². The standard InChI is InChI=1S/C21H25F2N3O3/c1-15(24-16-8-9-18(28-2)19(14-16)29-21(22)23)20(27)26-12-10-25(11-13-26)17-6-4-3-5-7-17/h3-9,14-15,21,24H,10-13H2,1-2H3/t15-/m1/s1. The van der Waals surface area contributed by atoms with Gasteiger partial charge in [0, 0.05) is 43.6 Å². The molecule has 6 nitrogen and oxygen atoms in total. The number of methoxy groups -OCH3 is 1. The van der Waals surface area contributed by atoms with Gasteiger partial charge in [0.1, 0.15) is 6.04 Å². The third-order valence-electron chi connectivity index (χ3n) is 4.85. The Kier molecular flexibility index (Phi) is 6.74. The Bertz CT molecular complexity index is 812. The first-order valence-electron chi connectivity index (χ1n) is 9.46. The van der Waals surface area contributed by atoms with Gasteiger partial charge in [0.25, 0.3) is 0 Å². The largest absolute Gasteiger partial charge is 0.493 e. The maximum atomic E-state index is 12.8. The van der Waals surface area contributed by atoms with Crippen molar-refractivity contribution >= 4 is 17.3 Å². The highest BCUT2D eigenvalue weighted by molar-refractivity contribution is 5.84. The summed E-state index contributed by atoms with van der Waals surface area (Å²) in [6.45, 7) is 1.57. The van der Waals surface area contributed by atoms with Crippen LogP contribution in [-0.4, -0.2) is 56.7 Å². The molecule has 1 saturated heterocycles. The number of carbonyl (C=O) groups is 1. The van der Waals surface area contributed by atoms with E-state index in [2.05, 4.69) is 27.1 Å². The average Bonchev–Trinajstić information content (AvgIpc) is 2.74. The molecule has 0 aromatic heterocycles. The number of carbonyl (C=O) groups excluding carboxylic acids is 1. The van der Waals surface area contributed by atoms with Crippen LogP contribution in [0, 0.1) is 0 Å². The van der Waals surface area contributed by atoms with Crippen LogP contribution in [0.15, 0.2) is 48.5 Å². The predicted octanol–water partition coefficient (Wildman–Crippen LogP) is 3.45. The number of amides is 1. The summed E-state index contributed by atoms with van der Waals surface area (Å²) in [7, 11) is 1.38. The maximum Gasteiger partial charge on any atom is 0.387 e. The number of benzene rings is 2. The molecule has 0 unspecified atom stereocenters. The highest BCUT2D eigenvalue weighted by atomic mass is 19.3. The summed E-state index contributed by atoms with van der Waals surface area (Å²) >= 11 is 0. The quantitative estimate of drug-likeness (QED) is 0.765. The molecule has 0 saturated carbocycles. The molecule has 1 fully saturated rings. The third-order valence-corrected chi connectivity index (χ3v) is 4.85. The van der Waals surface area contributed by atoms with E-state index < -0.39 is 12.7 Å². The summed E-state index contributed by atoms with van der Waals surface area (Å²) in [6.07, 6.45) is 0. The molecule has 156 valence electrons. The molecular weight excluding hydrogens is 380 g/mol. The predicted molar refractivity (Wildman–Crippen MR) is 108 cm³/mol. The molecule has 8 heteroatoms. The summed E-state index contributed by atoms with van der Waals surface area (Å²) < 4.78 is 34.7. The zero-order valence-corrected chi connectivity index (χ0v) is 16.5. The van der Waals surface area contributed by atoms with Crippen molar-refractivity contribution in [2.24, 2.45) is 0 Å². The lowest BCUT2D eigenvalue weighted by atomic mass is 10.2. The lowest BCUT2D eigenvalue weighted by Crippen LogP contribution is -2.52. The molecule has 1 aliphatic rings. The summed E-state index contributed by atoms with van der Waals surface area (Å²) in [6, 6.07) is 14.2. The summed E-state index contributed by atoms with van der Waals surface area (Å²) in [5, 5.41) is 3.06. The fourth-order valence-electron chi connectivity index (χ4n) is 3.36. The van der Waals surface area contributed by atoms with E-state index in [-0.39, 0.29) is 17.4 Å². The van der Waals surface area contributed by atoms with Gasteiger partial charge in [-0.3, -0.25) is 4.79 Å². The van der Waals surface area contributed by atoms with Crippen molar-refractivity contribution in [3.63, 3.8) is 0 Å². The monoisotopic (exact) mass is 405 g/mol. The SMILES string of the molecule is COc1ccc(N[C@H](C)C(=O)N2CCN(c3ccccc3)CC2)cc1OC(F)F. The van der Waals surface area contributed by atoms with E-state index in [0.717, 1.165) is 18.8 Å². The fourth-order valence-corrected chi connectivity index (χ4v) is 3.36. The first kappa shape index (κ1) is 20.7. The minimum absolute atomic E-state index is 0.0372. The molecule has 1 amide bonds. The van der Waals surface area contributed by atoms with Gasteiger partial charge in [-0.25, -0.2) is 0 Å². The number of nitrogens with one attached hydrogen (secondary N) is 1. The van der Waals surface area contributed by atoms with Crippen molar-refractivity contribution in [1.82, 2.24) is 4.90 Å². The van der Waals surface area contributed by atoms with E-state index in [9.17, 15) is 13.6 Å². The molecule has 1 heterocycles. The van der Waals surface area contributed by atoms with Crippen LogP contribution >= 0.6 is 0 Å². The molecule has 0 aliphatic carbocycles. The van der Waals surface area contributed by atoms with Gasteiger partial charge in [-0.15, -0.1) is 0 Å². The molecule has 2 aromatic carbocycles. The molecule has 29 heavy (non-hydrogen) atoms. The Morgan fingerprint density at radius 2 is 1.72 bits per heavy atom. The zero-order valence-electron chi connectivity index (χ0n) is 16.5. The first-order chi connectivity index (χ1) is 14.0. The van der Waals surface area contributed by atoms with Crippen LogP contribution in [0.25, 0.3) is 0 Å². The molecule has 2 aromatic rings. The van der Waals surface area contributed by atoms with Gasteiger partial charge in [-0.2, -0.15) is 8.78 Å². The minimum atomic E-state index is -2.96. The van der Waals surface area contributed by atoms with E-state index in [1.54, 1.807) is 13.0 Å². The van der Waals surface area contributed by atoms with Crippen LogP contribution in [0.5, 0.6) is 11.5 Å². The molecule has 0 radical (unpaired) electrons. The lowest BCUT2D eigenvalue weighted by Gasteiger charge is -2.37. The number of hydrogen-bond donors (Lipinski definition) is 1. The average molecular weight is 405 g/mol. The second kappa shape index (κ2) is 9.45. The number of anilines is 2. The number of ether oxygens (including phenoxy) is 2. The number of nitrogens with zero attached hydrogens (tertiary/aromatic N) is 2. The smallest absolute Gasteiger partial charge is 0.387 e. The van der Waals surface area contributed by atoms with Gasteiger partial charge in [0.2, 0.25) is 5.91 Å². The van der Waals surface area contributed by atoms with Crippen LogP contribution in [0.2, 0.25) is 0 Å². The van der Waals surface area contributed by atoms with Crippen molar-refractivity contribution < 1.29 is 23.0 Å². The van der Waals surface area contributed by atoms with Gasteiger partial charge < -0.3 is 24.6 Å². The van der Waals surface area contributed by atoms with Crippen LogP contribution in [0.4, 0.5) is 20.2 Å². The Morgan fingerprint density at radius 1 is 1.03 bits per heavy atom. The number of alkyl halides is 2. The Morgan fingerprint density at radius 3 is 2.34 bits per heavy atom. The third kappa shape index (κ3) is 5.28. The number of piperazine rings is 1. The highest BCUT2D eigenvalue weighted by Crippen LogP contribution is 2.31. The van der Waals surface area contributed by atoms with E-state index >= 15 is 0 Å². The number of rotatable bonds is 7. The Balaban J connectivity index is 1.58. The second-order valence-corrected chi connectivity index (χ2v) is 6.76. The summed E-state index contributed by atoms with van der Waals surface area (Å²) in [4.78, 5) is 16.9. The van der Waals surface area contributed by atoms with Gasteiger partial charge in [-0.05, 0) is 31.2 Å². The van der Waals surface area contributed by atoms with Crippen LogP contribution in [0.3, 0.4) is 0 Å². The topological polar surface area (TPSA) is 54.0 Å². The fraction of sp³-hybridized carbons (Fsp3) is 0.381. The number of halogens is 2. The molecule has 3 rings (SSSR count). The molecule has 0 spiro atoms. The lowest BCUT2D eigenvalue weighted by molar-refractivity contribution is -0.131. The van der Waals surface area contributed by atoms with Gasteiger partial charge in [0.05, 0.1) is 7.11 Å². The van der Waals surface area contributed by atoms with E-state index in [1.807, 2.05) is 23.1 Å². The summed E-state index contributed by atoms with van der Waals surface area (Å²) in [5.74, 6) is 0.0837. The summed E-state index contributed by atoms with van der Waals surface area (Å²) in [5.41, 5.74) is 1.65. The zero-order chi connectivity index (χ0) is 20.8.